The summed E-state index contributed by atoms with van der Waals surface area (Å²) >= 11 is 3.37. The molecule has 0 fully saturated rings. The lowest BCUT2D eigenvalue weighted by atomic mass is 10.2. The molecule has 0 unspecified atom stereocenters. The zero-order chi connectivity index (χ0) is 11.5. The molecule has 0 saturated carbocycles. The largest absolute Gasteiger partial charge is 0.272 e. The molecule has 0 aliphatic carbocycles. The number of hydrogen-bond donors (Lipinski definition) is 0. The molecule has 4 nitrogen and oxygen atoms in total. The van der Waals surface area contributed by atoms with Crippen molar-refractivity contribution in [3.63, 3.8) is 0 Å². The number of halogens is 1. The van der Waals surface area contributed by atoms with E-state index in [1.165, 1.54) is 0 Å². The third kappa shape index (κ3) is 2.47. The van der Waals surface area contributed by atoms with Crippen LogP contribution in [0, 0.1) is 6.92 Å². The normalized spacial score (nSPS) is 10.7. The van der Waals surface area contributed by atoms with E-state index in [0.29, 0.717) is 0 Å². The van der Waals surface area contributed by atoms with Crippen molar-refractivity contribution < 1.29 is 0 Å². The van der Waals surface area contributed by atoms with Crippen LogP contribution < -0.4 is 0 Å². The van der Waals surface area contributed by atoms with E-state index in [4.69, 9.17) is 0 Å². The van der Waals surface area contributed by atoms with Crippen LogP contribution in [0.4, 0.5) is 0 Å². The molecule has 0 N–H and O–H groups in total. The van der Waals surface area contributed by atoms with E-state index in [2.05, 4.69) is 37.9 Å². The molecule has 0 atom stereocenters. The lowest BCUT2D eigenvalue weighted by Crippen LogP contribution is -1.95. The van der Waals surface area contributed by atoms with Gasteiger partial charge in [-0.05, 0) is 35.3 Å². The predicted molar refractivity (Wildman–Crippen MR) is 66.0 cm³/mol. The fourth-order valence-electron chi connectivity index (χ4n) is 1.53. The maximum Gasteiger partial charge on any atom is 0.127 e. The van der Waals surface area contributed by atoms with Gasteiger partial charge in [0.1, 0.15) is 10.4 Å². The Bertz CT molecular complexity index is 472. The maximum absolute atomic E-state index is 4.38. The van der Waals surface area contributed by atoms with Gasteiger partial charge < -0.3 is 0 Å². The van der Waals surface area contributed by atoms with E-state index >= 15 is 0 Å². The molecule has 2 aromatic heterocycles. The van der Waals surface area contributed by atoms with E-state index in [-0.39, 0.29) is 0 Å². The summed E-state index contributed by atoms with van der Waals surface area (Å²) in [5.74, 6) is 0.757. The van der Waals surface area contributed by atoms with E-state index in [0.717, 1.165) is 34.7 Å². The van der Waals surface area contributed by atoms with Crippen LogP contribution in [0.2, 0.25) is 0 Å². The second-order valence-electron chi connectivity index (χ2n) is 3.62. The molecule has 84 valence electrons. The summed E-state index contributed by atoms with van der Waals surface area (Å²) < 4.78 is 2.74. The minimum atomic E-state index is 0.757. The number of hydrogen-bond acceptors (Lipinski definition) is 3. The van der Waals surface area contributed by atoms with Crippen molar-refractivity contribution in [2.45, 2.75) is 26.8 Å². The van der Waals surface area contributed by atoms with Gasteiger partial charge in [-0.25, -0.2) is 9.97 Å². The average Bonchev–Trinajstić information content (AvgIpc) is 2.65. The van der Waals surface area contributed by atoms with Crippen molar-refractivity contribution in [3.05, 3.63) is 28.9 Å². The Morgan fingerprint density at radius 1 is 1.38 bits per heavy atom. The monoisotopic (exact) mass is 280 g/mol. The topological polar surface area (TPSA) is 43.6 Å². The fraction of sp³-hybridized carbons (Fsp3) is 0.364. The van der Waals surface area contributed by atoms with Crippen molar-refractivity contribution in [2.24, 2.45) is 0 Å². The SMILES string of the molecule is CCCn1cc(-c2cc(Br)nc(C)n2)cn1. The highest BCUT2D eigenvalue weighted by molar-refractivity contribution is 9.10. The molecular weight excluding hydrogens is 268 g/mol. The molecule has 0 aromatic carbocycles. The number of nitrogens with zero attached hydrogens (tertiary/aromatic N) is 4. The second-order valence-corrected chi connectivity index (χ2v) is 4.43. The van der Waals surface area contributed by atoms with Crippen LogP contribution in [-0.2, 0) is 6.54 Å². The second kappa shape index (κ2) is 4.74. The molecule has 0 aliphatic heterocycles. The van der Waals surface area contributed by atoms with Gasteiger partial charge in [-0.2, -0.15) is 5.10 Å². The molecule has 0 aliphatic rings. The summed E-state index contributed by atoms with van der Waals surface area (Å²) in [4.78, 5) is 8.56. The maximum atomic E-state index is 4.38. The Morgan fingerprint density at radius 2 is 2.19 bits per heavy atom. The highest BCUT2D eigenvalue weighted by atomic mass is 79.9. The first-order valence-electron chi connectivity index (χ1n) is 5.23. The molecule has 5 heteroatoms. The van der Waals surface area contributed by atoms with Gasteiger partial charge in [-0.1, -0.05) is 6.92 Å². The minimum Gasteiger partial charge on any atom is -0.272 e. The first-order valence-corrected chi connectivity index (χ1v) is 6.02. The van der Waals surface area contributed by atoms with Gasteiger partial charge in [0.05, 0.1) is 11.9 Å². The van der Waals surface area contributed by atoms with Crippen molar-refractivity contribution in [1.82, 2.24) is 19.7 Å². The zero-order valence-corrected chi connectivity index (χ0v) is 10.9. The first kappa shape index (κ1) is 11.3. The van der Waals surface area contributed by atoms with Gasteiger partial charge in [0.25, 0.3) is 0 Å². The number of aromatic nitrogens is 4. The Labute approximate surface area is 103 Å². The Kier molecular flexibility index (Phi) is 3.33. The van der Waals surface area contributed by atoms with Crippen molar-refractivity contribution in [3.8, 4) is 11.3 Å². The van der Waals surface area contributed by atoms with Gasteiger partial charge in [-0.3, -0.25) is 4.68 Å². The summed E-state index contributed by atoms with van der Waals surface area (Å²) in [7, 11) is 0. The predicted octanol–water partition coefficient (Wildman–Crippen LogP) is 2.82. The van der Waals surface area contributed by atoms with Crippen molar-refractivity contribution in [1.29, 1.82) is 0 Å². The van der Waals surface area contributed by atoms with Crippen molar-refractivity contribution >= 4 is 15.9 Å². The van der Waals surface area contributed by atoms with E-state index in [1.807, 2.05) is 30.1 Å². The van der Waals surface area contributed by atoms with Crippen molar-refractivity contribution in [2.75, 3.05) is 0 Å². The molecular formula is C11H13BrN4. The third-order valence-corrected chi connectivity index (χ3v) is 2.59. The van der Waals surface area contributed by atoms with Crippen LogP contribution in [-0.4, -0.2) is 19.7 Å². The van der Waals surface area contributed by atoms with Crippen LogP contribution in [0.25, 0.3) is 11.3 Å². The molecule has 0 spiro atoms. The molecule has 16 heavy (non-hydrogen) atoms. The average molecular weight is 281 g/mol. The number of rotatable bonds is 3. The lowest BCUT2D eigenvalue weighted by Gasteiger charge is -1.99. The first-order chi connectivity index (χ1) is 7.69. The smallest absolute Gasteiger partial charge is 0.127 e. The van der Waals surface area contributed by atoms with E-state index < -0.39 is 0 Å². The van der Waals surface area contributed by atoms with Crippen LogP contribution in [0.15, 0.2) is 23.1 Å². The summed E-state index contributed by atoms with van der Waals surface area (Å²) in [6, 6.07) is 1.90. The molecule has 2 aromatic rings. The molecule has 0 saturated heterocycles. The van der Waals surface area contributed by atoms with Crippen LogP contribution in [0.3, 0.4) is 0 Å². The summed E-state index contributed by atoms with van der Waals surface area (Å²) in [5.41, 5.74) is 1.93. The quantitative estimate of drug-likeness (QED) is 0.812. The van der Waals surface area contributed by atoms with Crippen LogP contribution in [0.1, 0.15) is 19.2 Å². The molecule has 0 amide bonds. The molecule has 0 bridgehead atoms. The van der Waals surface area contributed by atoms with E-state index in [1.54, 1.807) is 0 Å². The van der Waals surface area contributed by atoms with Gasteiger partial charge in [0.15, 0.2) is 0 Å². The standard InChI is InChI=1S/C11H13BrN4/c1-3-4-16-7-9(6-13-16)10-5-11(12)15-8(2)14-10/h5-7H,3-4H2,1-2H3. The number of aryl methyl sites for hydroxylation is 2. The summed E-state index contributed by atoms with van der Waals surface area (Å²) in [6.45, 7) is 4.95. The van der Waals surface area contributed by atoms with Gasteiger partial charge >= 0.3 is 0 Å². The van der Waals surface area contributed by atoms with Crippen LogP contribution in [0.5, 0.6) is 0 Å². The third-order valence-electron chi connectivity index (χ3n) is 2.19. The van der Waals surface area contributed by atoms with Gasteiger partial charge in [0.2, 0.25) is 0 Å². The lowest BCUT2D eigenvalue weighted by molar-refractivity contribution is 0.603. The molecule has 0 radical (unpaired) electrons. The fourth-order valence-corrected chi connectivity index (χ4v) is 2.00. The Hall–Kier alpha value is -1.23. The summed E-state index contributed by atoms with van der Waals surface area (Å²) in [6.07, 6.45) is 4.93. The van der Waals surface area contributed by atoms with Crippen LogP contribution >= 0.6 is 15.9 Å². The highest BCUT2D eigenvalue weighted by Gasteiger charge is 2.05. The Balaban J connectivity index is 2.34. The van der Waals surface area contributed by atoms with E-state index in [9.17, 15) is 0 Å². The molecule has 2 heterocycles. The summed E-state index contributed by atoms with van der Waals surface area (Å²) in [5, 5.41) is 4.28. The Morgan fingerprint density at radius 3 is 2.88 bits per heavy atom. The van der Waals surface area contributed by atoms with Gasteiger partial charge in [0, 0.05) is 18.3 Å². The van der Waals surface area contributed by atoms with Gasteiger partial charge in [-0.15, -0.1) is 0 Å². The molecule has 2 rings (SSSR count). The zero-order valence-electron chi connectivity index (χ0n) is 9.31. The highest BCUT2D eigenvalue weighted by Crippen LogP contribution is 2.19. The minimum absolute atomic E-state index is 0.757.